The van der Waals surface area contributed by atoms with E-state index in [0.717, 1.165) is 6.42 Å². The van der Waals surface area contributed by atoms with Crippen molar-refractivity contribution in [3.05, 3.63) is 28.2 Å². The van der Waals surface area contributed by atoms with E-state index >= 15 is 0 Å². The van der Waals surface area contributed by atoms with Crippen molar-refractivity contribution in [1.82, 2.24) is 4.72 Å². The van der Waals surface area contributed by atoms with Gasteiger partial charge in [-0.3, -0.25) is 0 Å². The van der Waals surface area contributed by atoms with Crippen LogP contribution >= 0.6 is 23.2 Å². The van der Waals surface area contributed by atoms with Gasteiger partial charge in [-0.25, -0.2) is 13.1 Å². The van der Waals surface area contributed by atoms with E-state index in [1.807, 2.05) is 6.92 Å². The Morgan fingerprint density at radius 3 is 2.47 bits per heavy atom. The summed E-state index contributed by atoms with van der Waals surface area (Å²) in [5.41, 5.74) is 0. The fourth-order valence-electron chi connectivity index (χ4n) is 0.964. The highest BCUT2D eigenvalue weighted by Gasteiger charge is 2.14. The third kappa shape index (κ3) is 3.34. The van der Waals surface area contributed by atoms with Crippen molar-refractivity contribution in [3.8, 4) is 0 Å². The molecule has 0 fully saturated rings. The minimum Gasteiger partial charge on any atom is -0.211 e. The van der Waals surface area contributed by atoms with E-state index < -0.39 is 10.0 Å². The van der Waals surface area contributed by atoms with Crippen molar-refractivity contribution in [2.75, 3.05) is 6.54 Å². The summed E-state index contributed by atoms with van der Waals surface area (Å²) in [6, 6.07) is 4.22. The molecule has 0 aromatic heterocycles. The molecule has 0 atom stereocenters. The van der Waals surface area contributed by atoms with E-state index in [9.17, 15) is 8.42 Å². The monoisotopic (exact) mass is 267 g/mol. The number of halogens is 2. The van der Waals surface area contributed by atoms with Crippen LogP contribution in [0.1, 0.15) is 13.3 Å². The van der Waals surface area contributed by atoms with Gasteiger partial charge in [0.2, 0.25) is 10.0 Å². The summed E-state index contributed by atoms with van der Waals surface area (Å²) in [5, 5.41) is 0.571. The maximum Gasteiger partial charge on any atom is 0.240 e. The van der Waals surface area contributed by atoms with Crippen LogP contribution in [-0.4, -0.2) is 15.0 Å². The second-order valence-electron chi connectivity index (χ2n) is 2.97. The van der Waals surface area contributed by atoms with Crippen molar-refractivity contribution in [2.24, 2.45) is 0 Å². The van der Waals surface area contributed by atoms with E-state index in [-0.39, 0.29) is 9.92 Å². The molecule has 1 N–H and O–H groups in total. The highest BCUT2D eigenvalue weighted by molar-refractivity contribution is 7.89. The molecule has 0 saturated heterocycles. The van der Waals surface area contributed by atoms with E-state index in [2.05, 4.69) is 4.72 Å². The Morgan fingerprint density at radius 2 is 1.93 bits per heavy atom. The van der Waals surface area contributed by atoms with Gasteiger partial charge in [-0.1, -0.05) is 30.1 Å². The summed E-state index contributed by atoms with van der Waals surface area (Å²) in [4.78, 5) is 0.130. The molecule has 0 unspecified atom stereocenters. The molecule has 0 bridgehead atoms. The highest BCUT2D eigenvalue weighted by atomic mass is 35.5. The van der Waals surface area contributed by atoms with Gasteiger partial charge < -0.3 is 0 Å². The number of nitrogens with one attached hydrogen (secondary N) is 1. The predicted octanol–water partition coefficient (Wildman–Crippen LogP) is 2.68. The molecule has 15 heavy (non-hydrogen) atoms. The first-order chi connectivity index (χ1) is 6.97. The molecule has 0 saturated carbocycles. The third-order valence-corrected chi connectivity index (χ3v) is 3.94. The molecule has 0 heterocycles. The molecule has 1 rings (SSSR count). The van der Waals surface area contributed by atoms with Crippen molar-refractivity contribution >= 4 is 33.2 Å². The van der Waals surface area contributed by atoms with Crippen LogP contribution in [0.15, 0.2) is 23.1 Å². The summed E-state index contributed by atoms with van der Waals surface area (Å²) in [6.45, 7) is 2.29. The molecule has 0 amide bonds. The molecule has 1 aromatic rings. The van der Waals surface area contributed by atoms with Crippen LogP contribution in [0.25, 0.3) is 0 Å². The first kappa shape index (κ1) is 12.8. The number of sulfonamides is 1. The van der Waals surface area contributed by atoms with Gasteiger partial charge in [0.1, 0.15) is 0 Å². The zero-order chi connectivity index (χ0) is 11.5. The number of rotatable bonds is 4. The summed E-state index contributed by atoms with van der Waals surface area (Å²) < 4.78 is 25.7. The average Bonchev–Trinajstić information content (AvgIpc) is 2.19. The Balaban J connectivity index is 3.00. The maximum atomic E-state index is 11.6. The number of hydrogen-bond donors (Lipinski definition) is 1. The Bertz CT molecular complexity index is 445. The van der Waals surface area contributed by atoms with Crippen LogP contribution in [0.4, 0.5) is 0 Å². The van der Waals surface area contributed by atoms with Crippen LogP contribution in [0, 0.1) is 0 Å². The molecule has 0 aliphatic heterocycles. The average molecular weight is 268 g/mol. The smallest absolute Gasteiger partial charge is 0.211 e. The summed E-state index contributed by atoms with van der Waals surface area (Å²) in [5.74, 6) is 0. The van der Waals surface area contributed by atoms with Crippen molar-refractivity contribution < 1.29 is 8.42 Å². The molecule has 1 aromatic carbocycles. The molecule has 3 nitrogen and oxygen atoms in total. The molecule has 0 aliphatic carbocycles. The topological polar surface area (TPSA) is 46.2 Å². The normalized spacial score (nSPS) is 11.7. The SMILES string of the molecule is CCCNS(=O)(=O)c1ccc(Cl)c(Cl)c1. The van der Waals surface area contributed by atoms with Gasteiger partial charge in [-0.15, -0.1) is 0 Å². The minimum atomic E-state index is -3.45. The molecule has 0 aliphatic rings. The second kappa shape index (κ2) is 5.16. The quantitative estimate of drug-likeness (QED) is 0.912. The van der Waals surface area contributed by atoms with Gasteiger partial charge >= 0.3 is 0 Å². The largest absolute Gasteiger partial charge is 0.240 e. The maximum absolute atomic E-state index is 11.6. The number of hydrogen-bond acceptors (Lipinski definition) is 2. The lowest BCUT2D eigenvalue weighted by Crippen LogP contribution is -2.24. The van der Waals surface area contributed by atoms with Crippen LogP contribution in [0.2, 0.25) is 10.0 Å². The van der Waals surface area contributed by atoms with E-state index in [4.69, 9.17) is 23.2 Å². The van der Waals surface area contributed by atoms with Gasteiger partial charge in [-0.2, -0.15) is 0 Å². The Kier molecular flexibility index (Phi) is 4.40. The van der Waals surface area contributed by atoms with Crippen molar-refractivity contribution in [1.29, 1.82) is 0 Å². The van der Waals surface area contributed by atoms with Crippen LogP contribution in [0.5, 0.6) is 0 Å². The lowest BCUT2D eigenvalue weighted by atomic mass is 10.4. The van der Waals surface area contributed by atoms with Crippen molar-refractivity contribution in [2.45, 2.75) is 18.2 Å². The molecular weight excluding hydrogens is 257 g/mol. The molecule has 6 heteroatoms. The summed E-state index contributed by atoms with van der Waals surface area (Å²) >= 11 is 11.4. The zero-order valence-electron chi connectivity index (χ0n) is 8.13. The standard InChI is InChI=1S/C9H11Cl2NO2S/c1-2-5-12-15(13,14)7-3-4-8(10)9(11)6-7/h3-4,6,12H,2,5H2,1H3. The molecule has 84 valence electrons. The van der Waals surface area contributed by atoms with Crippen LogP contribution in [-0.2, 0) is 10.0 Å². The minimum absolute atomic E-state index is 0.130. The zero-order valence-corrected chi connectivity index (χ0v) is 10.5. The number of benzene rings is 1. The van der Waals surface area contributed by atoms with Gasteiger partial charge in [0.05, 0.1) is 14.9 Å². The third-order valence-electron chi connectivity index (χ3n) is 1.74. The lowest BCUT2D eigenvalue weighted by Gasteiger charge is -2.06. The second-order valence-corrected chi connectivity index (χ2v) is 5.56. The Labute approximate surface area is 99.4 Å². The Morgan fingerprint density at radius 1 is 1.27 bits per heavy atom. The van der Waals surface area contributed by atoms with Gasteiger partial charge in [-0.05, 0) is 24.6 Å². The highest BCUT2D eigenvalue weighted by Crippen LogP contribution is 2.24. The van der Waals surface area contributed by atoms with E-state index in [1.54, 1.807) is 0 Å². The van der Waals surface area contributed by atoms with Crippen LogP contribution < -0.4 is 4.72 Å². The fraction of sp³-hybridized carbons (Fsp3) is 0.333. The molecule has 0 spiro atoms. The first-order valence-corrected chi connectivity index (χ1v) is 6.66. The molecule has 0 radical (unpaired) electrons. The van der Waals surface area contributed by atoms with Crippen LogP contribution in [0.3, 0.4) is 0 Å². The molecular formula is C9H11Cl2NO2S. The first-order valence-electron chi connectivity index (χ1n) is 4.42. The van der Waals surface area contributed by atoms with E-state index in [1.165, 1.54) is 18.2 Å². The predicted molar refractivity (Wildman–Crippen MR) is 61.9 cm³/mol. The summed E-state index contributed by atoms with van der Waals surface area (Å²) in [7, 11) is -3.45. The van der Waals surface area contributed by atoms with Gasteiger partial charge in [0, 0.05) is 6.54 Å². The van der Waals surface area contributed by atoms with Gasteiger partial charge in [0.25, 0.3) is 0 Å². The Hall–Kier alpha value is -0.290. The van der Waals surface area contributed by atoms with Gasteiger partial charge in [0.15, 0.2) is 0 Å². The lowest BCUT2D eigenvalue weighted by molar-refractivity contribution is 0.581. The van der Waals surface area contributed by atoms with E-state index in [0.29, 0.717) is 11.6 Å². The van der Waals surface area contributed by atoms with Crippen molar-refractivity contribution in [3.63, 3.8) is 0 Å². The summed E-state index contributed by atoms with van der Waals surface area (Å²) in [6.07, 6.45) is 0.737. The fourth-order valence-corrected chi connectivity index (χ4v) is 2.49.